The van der Waals surface area contributed by atoms with Crippen LogP contribution in [0.15, 0.2) is 6.20 Å². The second-order valence-corrected chi connectivity index (χ2v) is 2.42. The lowest BCUT2D eigenvalue weighted by Crippen LogP contribution is -1.99. The number of pyridine rings is 1. The van der Waals surface area contributed by atoms with Crippen LogP contribution in [0.3, 0.4) is 0 Å². The van der Waals surface area contributed by atoms with E-state index in [9.17, 15) is 13.2 Å². The number of hydrogen-bond acceptors (Lipinski definition) is 2. The lowest BCUT2D eigenvalue weighted by molar-refractivity contribution is 0.150. The standard InChI is InChI=1S/C8H5F3N2/c1-4-5(2-12)6(7(9)10)3-13-8(4)11/h3,7H,1H3. The van der Waals surface area contributed by atoms with Gasteiger partial charge >= 0.3 is 0 Å². The zero-order chi connectivity index (χ0) is 10.0. The van der Waals surface area contributed by atoms with Crippen molar-refractivity contribution < 1.29 is 13.2 Å². The minimum atomic E-state index is -2.80. The van der Waals surface area contributed by atoms with Gasteiger partial charge in [0.25, 0.3) is 6.43 Å². The van der Waals surface area contributed by atoms with E-state index in [0.717, 1.165) is 0 Å². The first-order valence-corrected chi connectivity index (χ1v) is 3.41. The molecule has 0 amide bonds. The van der Waals surface area contributed by atoms with Crippen LogP contribution < -0.4 is 0 Å². The van der Waals surface area contributed by atoms with Gasteiger partial charge in [-0.3, -0.25) is 0 Å². The highest BCUT2D eigenvalue weighted by Crippen LogP contribution is 2.24. The van der Waals surface area contributed by atoms with Crippen LogP contribution in [-0.2, 0) is 0 Å². The van der Waals surface area contributed by atoms with Gasteiger partial charge in [0, 0.05) is 11.8 Å². The lowest BCUT2D eigenvalue weighted by Gasteiger charge is -2.04. The van der Waals surface area contributed by atoms with Gasteiger partial charge in [0.1, 0.15) is 6.07 Å². The summed E-state index contributed by atoms with van der Waals surface area (Å²) < 4.78 is 37.1. The normalized spacial score (nSPS) is 10.2. The molecule has 1 aromatic heterocycles. The largest absolute Gasteiger partial charge is 0.266 e. The van der Waals surface area contributed by atoms with Gasteiger partial charge < -0.3 is 0 Å². The third-order valence-corrected chi connectivity index (χ3v) is 1.64. The summed E-state index contributed by atoms with van der Waals surface area (Å²) in [5, 5.41) is 8.49. The predicted molar refractivity (Wildman–Crippen MR) is 38.6 cm³/mol. The smallest absolute Gasteiger partial charge is 0.228 e. The van der Waals surface area contributed by atoms with Crippen molar-refractivity contribution in [2.45, 2.75) is 13.3 Å². The van der Waals surface area contributed by atoms with Crippen LogP contribution in [-0.4, -0.2) is 4.98 Å². The molecule has 1 rings (SSSR count). The van der Waals surface area contributed by atoms with E-state index < -0.39 is 17.9 Å². The zero-order valence-corrected chi connectivity index (χ0v) is 6.68. The van der Waals surface area contributed by atoms with Crippen molar-refractivity contribution in [3.8, 4) is 6.07 Å². The molecular formula is C8H5F3N2. The van der Waals surface area contributed by atoms with Gasteiger partial charge in [0.2, 0.25) is 5.95 Å². The van der Waals surface area contributed by atoms with Crippen molar-refractivity contribution in [2.24, 2.45) is 0 Å². The molecule has 68 valence electrons. The molecule has 5 heteroatoms. The van der Waals surface area contributed by atoms with Crippen LogP contribution >= 0.6 is 0 Å². The molecule has 0 bridgehead atoms. The number of nitriles is 1. The van der Waals surface area contributed by atoms with Crippen molar-refractivity contribution in [1.29, 1.82) is 5.26 Å². The Morgan fingerprint density at radius 1 is 1.54 bits per heavy atom. The van der Waals surface area contributed by atoms with E-state index in [1.807, 2.05) is 0 Å². The van der Waals surface area contributed by atoms with Crippen molar-refractivity contribution in [3.05, 3.63) is 28.8 Å². The Bertz CT molecular complexity index is 368. The number of aromatic nitrogens is 1. The number of alkyl halides is 2. The van der Waals surface area contributed by atoms with Gasteiger partial charge in [-0.2, -0.15) is 9.65 Å². The second kappa shape index (κ2) is 3.44. The third kappa shape index (κ3) is 1.61. The van der Waals surface area contributed by atoms with Crippen LogP contribution in [0.4, 0.5) is 13.2 Å². The van der Waals surface area contributed by atoms with E-state index in [1.54, 1.807) is 0 Å². The van der Waals surface area contributed by atoms with Gasteiger partial charge in [0.05, 0.1) is 11.1 Å². The fraction of sp³-hybridized carbons (Fsp3) is 0.250. The SMILES string of the molecule is Cc1c(F)ncc(C(F)F)c1C#N. The molecule has 0 aliphatic heterocycles. The van der Waals surface area contributed by atoms with Crippen LogP contribution in [0.1, 0.15) is 23.1 Å². The molecule has 0 radical (unpaired) electrons. The first-order valence-electron chi connectivity index (χ1n) is 3.41. The maximum absolute atomic E-state index is 12.7. The van der Waals surface area contributed by atoms with Crippen LogP contribution in [0.2, 0.25) is 0 Å². The number of hydrogen-bond donors (Lipinski definition) is 0. The topological polar surface area (TPSA) is 36.7 Å². The Morgan fingerprint density at radius 2 is 2.15 bits per heavy atom. The molecule has 0 saturated carbocycles. The fourth-order valence-electron chi connectivity index (χ4n) is 0.921. The Morgan fingerprint density at radius 3 is 2.62 bits per heavy atom. The molecule has 0 fully saturated rings. The van der Waals surface area contributed by atoms with E-state index in [1.165, 1.54) is 13.0 Å². The highest BCUT2D eigenvalue weighted by molar-refractivity contribution is 5.42. The molecule has 0 spiro atoms. The van der Waals surface area contributed by atoms with Crippen molar-refractivity contribution >= 4 is 0 Å². The Kier molecular flexibility index (Phi) is 2.52. The second-order valence-electron chi connectivity index (χ2n) is 2.42. The maximum Gasteiger partial charge on any atom is 0.266 e. The monoisotopic (exact) mass is 186 g/mol. The van der Waals surface area contributed by atoms with Crippen molar-refractivity contribution in [3.63, 3.8) is 0 Å². The summed E-state index contributed by atoms with van der Waals surface area (Å²) in [5.41, 5.74) is -0.996. The Hall–Kier alpha value is -1.57. The van der Waals surface area contributed by atoms with Crippen LogP contribution in [0.5, 0.6) is 0 Å². The molecule has 13 heavy (non-hydrogen) atoms. The molecule has 0 aliphatic carbocycles. The molecular weight excluding hydrogens is 181 g/mol. The van der Waals surface area contributed by atoms with Crippen LogP contribution in [0, 0.1) is 24.2 Å². The highest BCUT2D eigenvalue weighted by atomic mass is 19.3. The molecule has 0 unspecified atom stereocenters. The quantitative estimate of drug-likeness (QED) is 0.631. The summed E-state index contributed by atoms with van der Waals surface area (Å²) in [7, 11) is 0. The number of halogens is 3. The first kappa shape index (κ1) is 9.52. The molecule has 1 aromatic rings. The fourth-order valence-corrected chi connectivity index (χ4v) is 0.921. The van der Waals surface area contributed by atoms with Gasteiger partial charge in [0.15, 0.2) is 0 Å². The minimum absolute atomic E-state index is 0.139. The molecule has 2 nitrogen and oxygen atoms in total. The third-order valence-electron chi connectivity index (χ3n) is 1.64. The minimum Gasteiger partial charge on any atom is -0.228 e. The number of nitrogens with zero attached hydrogens (tertiary/aromatic N) is 2. The summed E-state index contributed by atoms with van der Waals surface area (Å²) in [6.07, 6.45) is -2.12. The van der Waals surface area contributed by atoms with E-state index in [0.29, 0.717) is 6.20 Å². The molecule has 1 heterocycles. The van der Waals surface area contributed by atoms with Gasteiger partial charge in [-0.25, -0.2) is 13.8 Å². The van der Waals surface area contributed by atoms with Crippen molar-refractivity contribution in [1.82, 2.24) is 4.98 Å². The number of rotatable bonds is 1. The summed E-state index contributed by atoms with van der Waals surface area (Å²) in [5.74, 6) is -0.888. The van der Waals surface area contributed by atoms with Crippen LogP contribution in [0.25, 0.3) is 0 Å². The van der Waals surface area contributed by atoms with Gasteiger partial charge in [-0.15, -0.1) is 0 Å². The maximum atomic E-state index is 12.7. The lowest BCUT2D eigenvalue weighted by atomic mass is 10.1. The Labute approximate surface area is 72.6 Å². The van der Waals surface area contributed by atoms with E-state index in [2.05, 4.69) is 4.98 Å². The molecule has 0 atom stereocenters. The first-order chi connectivity index (χ1) is 6.07. The summed E-state index contributed by atoms with van der Waals surface area (Å²) in [4.78, 5) is 3.11. The molecule has 0 saturated heterocycles. The summed E-state index contributed by atoms with van der Waals surface area (Å²) >= 11 is 0. The van der Waals surface area contributed by atoms with E-state index in [4.69, 9.17) is 5.26 Å². The van der Waals surface area contributed by atoms with E-state index in [-0.39, 0.29) is 11.1 Å². The van der Waals surface area contributed by atoms with Gasteiger partial charge in [-0.1, -0.05) is 0 Å². The average molecular weight is 186 g/mol. The zero-order valence-electron chi connectivity index (χ0n) is 6.68. The Balaban J connectivity index is 3.41. The summed E-state index contributed by atoms with van der Waals surface area (Å²) in [6, 6.07) is 1.53. The summed E-state index contributed by atoms with van der Waals surface area (Å²) in [6.45, 7) is 1.24. The van der Waals surface area contributed by atoms with E-state index >= 15 is 0 Å². The van der Waals surface area contributed by atoms with Gasteiger partial charge in [-0.05, 0) is 6.92 Å². The highest BCUT2D eigenvalue weighted by Gasteiger charge is 2.17. The van der Waals surface area contributed by atoms with Crippen molar-refractivity contribution in [2.75, 3.05) is 0 Å². The average Bonchev–Trinajstić information content (AvgIpc) is 2.09. The molecule has 0 N–H and O–H groups in total. The molecule has 0 aromatic carbocycles. The molecule has 0 aliphatic rings. The predicted octanol–water partition coefficient (Wildman–Crippen LogP) is 2.34.